The van der Waals surface area contributed by atoms with Gasteiger partial charge in [-0.3, -0.25) is 9.59 Å². The van der Waals surface area contributed by atoms with E-state index in [1.807, 2.05) is 23.1 Å². The lowest BCUT2D eigenvalue weighted by molar-refractivity contribution is -0.136. The molecule has 1 saturated carbocycles. The van der Waals surface area contributed by atoms with E-state index in [0.29, 0.717) is 31.3 Å². The van der Waals surface area contributed by atoms with E-state index in [1.54, 1.807) is 17.0 Å². The lowest BCUT2D eigenvalue weighted by Gasteiger charge is -2.37. The fourth-order valence-corrected chi connectivity index (χ4v) is 5.20. The number of benzene rings is 1. The minimum atomic E-state index is -0.498. The van der Waals surface area contributed by atoms with Crippen LogP contribution >= 0.6 is 0 Å². The number of likely N-dealkylation sites (tertiary alicyclic amines) is 1. The molecule has 0 spiro atoms. The largest absolute Gasteiger partial charge is 0.459 e. The summed E-state index contributed by atoms with van der Waals surface area (Å²) in [6.45, 7) is 1.90. The Labute approximate surface area is 164 Å². The summed E-state index contributed by atoms with van der Waals surface area (Å²) >= 11 is 0. The van der Waals surface area contributed by atoms with Crippen molar-refractivity contribution in [2.45, 2.75) is 37.9 Å². The van der Waals surface area contributed by atoms with E-state index in [1.165, 1.54) is 6.26 Å². The molecule has 146 valence electrons. The molecule has 6 nitrogen and oxygen atoms in total. The van der Waals surface area contributed by atoms with Crippen molar-refractivity contribution < 1.29 is 14.0 Å². The number of fused-ring (bicyclic) bond motifs is 2. The predicted octanol–water partition coefficient (Wildman–Crippen LogP) is 2.04. The van der Waals surface area contributed by atoms with Gasteiger partial charge in [-0.2, -0.15) is 0 Å². The zero-order valence-corrected chi connectivity index (χ0v) is 15.8. The molecule has 1 aliphatic carbocycles. The van der Waals surface area contributed by atoms with E-state index >= 15 is 0 Å². The summed E-state index contributed by atoms with van der Waals surface area (Å²) in [7, 11) is 0. The molecule has 4 unspecified atom stereocenters. The second kappa shape index (κ2) is 6.78. The zero-order valence-electron chi connectivity index (χ0n) is 15.8. The number of nitrogens with zero attached hydrogens (tertiary/aromatic N) is 2. The molecule has 4 atom stereocenters. The third kappa shape index (κ3) is 2.83. The summed E-state index contributed by atoms with van der Waals surface area (Å²) in [5.41, 5.74) is 8.48. The van der Waals surface area contributed by atoms with Crippen molar-refractivity contribution in [1.29, 1.82) is 0 Å². The summed E-state index contributed by atoms with van der Waals surface area (Å²) < 4.78 is 5.33. The second-order valence-electron chi connectivity index (χ2n) is 8.31. The molecule has 2 aromatic rings. The van der Waals surface area contributed by atoms with Crippen molar-refractivity contribution in [1.82, 2.24) is 9.80 Å². The second-order valence-corrected chi connectivity index (χ2v) is 8.31. The Balaban J connectivity index is 1.43. The van der Waals surface area contributed by atoms with Crippen molar-refractivity contribution in [3.8, 4) is 0 Å². The van der Waals surface area contributed by atoms with Gasteiger partial charge in [-0.25, -0.2) is 0 Å². The Hall–Kier alpha value is -2.60. The highest BCUT2D eigenvalue weighted by Gasteiger charge is 2.45. The summed E-state index contributed by atoms with van der Waals surface area (Å²) in [6.07, 6.45) is 4.18. The third-order valence-electron chi connectivity index (χ3n) is 6.75. The molecule has 1 aromatic carbocycles. The molecular weight excluding hydrogens is 354 g/mol. The van der Waals surface area contributed by atoms with Crippen LogP contribution in [0.4, 0.5) is 0 Å². The van der Waals surface area contributed by atoms with Gasteiger partial charge in [0.25, 0.3) is 5.91 Å². The van der Waals surface area contributed by atoms with Crippen molar-refractivity contribution in [3.05, 3.63) is 59.5 Å². The molecule has 2 fully saturated rings. The predicted molar refractivity (Wildman–Crippen MR) is 103 cm³/mol. The van der Waals surface area contributed by atoms with Crippen LogP contribution < -0.4 is 5.73 Å². The molecule has 2 N–H and O–H groups in total. The molecule has 28 heavy (non-hydrogen) atoms. The van der Waals surface area contributed by atoms with Crippen LogP contribution in [-0.2, 0) is 17.8 Å². The first-order chi connectivity index (χ1) is 13.6. The first kappa shape index (κ1) is 17.5. The number of nitrogens with two attached hydrogens (primary N) is 1. The lowest BCUT2D eigenvalue weighted by atomic mass is 9.93. The molecule has 1 saturated heterocycles. The Bertz CT molecular complexity index is 894. The van der Waals surface area contributed by atoms with Crippen molar-refractivity contribution >= 4 is 11.8 Å². The van der Waals surface area contributed by atoms with Crippen molar-refractivity contribution in [2.75, 3.05) is 13.1 Å². The van der Waals surface area contributed by atoms with Crippen LogP contribution in [0.1, 0.15) is 34.5 Å². The third-order valence-corrected chi connectivity index (χ3v) is 6.75. The first-order valence-corrected chi connectivity index (χ1v) is 10.1. The van der Waals surface area contributed by atoms with Gasteiger partial charge in [0.2, 0.25) is 5.91 Å². The Morgan fingerprint density at radius 1 is 1.04 bits per heavy atom. The molecular formula is C22H25N3O3. The Morgan fingerprint density at radius 3 is 2.61 bits per heavy atom. The monoisotopic (exact) mass is 379 g/mol. The highest BCUT2D eigenvalue weighted by molar-refractivity contribution is 5.96. The van der Waals surface area contributed by atoms with Crippen molar-refractivity contribution in [3.63, 3.8) is 0 Å². The molecule has 5 rings (SSSR count). The molecule has 0 radical (unpaired) electrons. The quantitative estimate of drug-likeness (QED) is 0.866. The molecule has 3 aliphatic rings. The van der Waals surface area contributed by atoms with Crippen LogP contribution in [0, 0.1) is 11.8 Å². The van der Waals surface area contributed by atoms with Gasteiger partial charge in [0.05, 0.1) is 6.26 Å². The topological polar surface area (TPSA) is 79.8 Å². The maximum atomic E-state index is 13.5. The van der Waals surface area contributed by atoms with Crippen LogP contribution in [0.25, 0.3) is 0 Å². The first-order valence-electron chi connectivity index (χ1n) is 10.1. The normalized spacial score (nSPS) is 28.9. The molecule has 3 heterocycles. The van der Waals surface area contributed by atoms with Crippen LogP contribution in [0.15, 0.2) is 47.1 Å². The van der Waals surface area contributed by atoms with Gasteiger partial charge in [0.1, 0.15) is 6.04 Å². The van der Waals surface area contributed by atoms with Crippen LogP contribution in [0.3, 0.4) is 0 Å². The van der Waals surface area contributed by atoms with Crippen LogP contribution in [-0.4, -0.2) is 46.8 Å². The minimum absolute atomic E-state index is 0.0380. The highest BCUT2D eigenvalue weighted by Crippen LogP contribution is 2.38. The molecule has 2 amide bonds. The van der Waals surface area contributed by atoms with Gasteiger partial charge >= 0.3 is 0 Å². The SMILES string of the molecule is NC1CCC2CN(C(=O)C3Cc4ccccc4CN3C(=O)c3ccco3)CC12. The van der Waals surface area contributed by atoms with E-state index in [2.05, 4.69) is 6.07 Å². The average molecular weight is 379 g/mol. The maximum Gasteiger partial charge on any atom is 0.290 e. The smallest absolute Gasteiger partial charge is 0.290 e. The molecule has 1 aromatic heterocycles. The number of furan rings is 1. The summed E-state index contributed by atoms with van der Waals surface area (Å²) in [4.78, 5) is 30.2. The van der Waals surface area contributed by atoms with E-state index in [-0.39, 0.29) is 23.6 Å². The van der Waals surface area contributed by atoms with Gasteiger partial charge in [0.15, 0.2) is 5.76 Å². The Morgan fingerprint density at radius 2 is 1.86 bits per heavy atom. The number of hydrogen-bond donors (Lipinski definition) is 1. The standard InChI is InChI=1S/C22H25N3O3/c23-18-8-7-16-11-24(13-17(16)18)21(26)19-10-14-4-1-2-5-15(14)12-25(19)22(27)20-6-3-9-28-20/h1-6,9,16-19H,7-8,10-13,23H2. The summed E-state index contributed by atoms with van der Waals surface area (Å²) in [5.74, 6) is 0.987. The minimum Gasteiger partial charge on any atom is -0.459 e. The summed E-state index contributed by atoms with van der Waals surface area (Å²) in [6, 6.07) is 11.1. The molecule has 2 aliphatic heterocycles. The summed E-state index contributed by atoms with van der Waals surface area (Å²) in [5, 5.41) is 0. The Kier molecular flexibility index (Phi) is 4.23. The highest BCUT2D eigenvalue weighted by atomic mass is 16.3. The zero-order chi connectivity index (χ0) is 19.3. The molecule has 0 bridgehead atoms. The van der Waals surface area contributed by atoms with E-state index in [4.69, 9.17) is 10.2 Å². The van der Waals surface area contributed by atoms with Crippen LogP contribution in [0.2, 0.25) is 0 Å². The van der Waals surface area contributed by atoms with Crippen LogP contribution in [0.5, 0.6) is 0 Å². The average Bonchev–Trinajstić information content (AvgIpc) is 3.45. The maximum absolute atomic E-state index is 13.5. The lowest BCUT2D eigenvalue weighted by Crippen LogP contribution is -2.53. The molecule has 6 heteroatoms. The van der Waals surface area contributed by atoms with Gasteiger partial charge in [-0.1, -0.05) is 24.3 Å². The van der Waals surface area contributed by atoms with E-state index < -0.39 is 6.04 Å². The fraction of sp³-hybridized carbons (Fsp3) is 0.455. The van der Waals surface area contributed by atoms with Gasteiger partial charge in [0, 0.05) is 32.1 Å². The van der Waals surface area contributed by atoms with Gasteiger partial charge < -0.3 is 20.0 Å². The number of carbonyl (C=O) groups excluding carboxylic acids is 2. The van der Waals surface area contributed by atoms with Gasteiger partial charge in [-0.05, 0) is 47.9 Å². The van der Waals surface area contributed by atoms with Crippen molar-refractivity contribution in [2.24, 2.45) is 17.6 Å². The fourth-order valence-electron chi connectivity index (χ4n) is 5.20. The van der Waals surface area contributed by atoms with Gasteiger partial charge in [-0.15, -0.1) is 0 Å². The number of hydrogen-bond acceptors (Lipinski definition) is 4. The number of amides is 2. The number of rotatable bonds is 2. The van der Waals surface area contributed by atoms with E-state index in [0.717, 1.165) is 30.5 Å². The van der Waals surface area contributed by atoms with E-state index in [9.17, 15) is 9.59 Å². The number of carbonyl (C=O) groups is 2.